The van der Waals surface area contributed by atoms with Crippen LogP contribution >= 0.6 is 0 Å². The molecule has 1 aromatic carbocycles. The molecule has 0 aliphatic carbocycles. The Labute approximate surface area is 138 Å². The maximum absolute atomic E-state index is 5.51. The fraction of sp³-hybridized carbons (Fsp3) is 0.118. The number of hydrogen-bond acceptors (Lipinski definition) is 5. The number of hydrogen-bond donors (Lipinski definition) is 3. The molecule has 4 rings (SSSR count). The van der Waals surface area contributed by atoms with Crippen molar-refractivity contribution in [1.82, 2.24) is 25.4 Å². The molecule has 7 heteroatoms. The summed E-state index contributed by atoms with van der Waals surface area (Å²) in [5.74, 6) is 2.20. The summed E-state index contributed by atoms with van der Waals surface area (Å²) in [5, 5.41) is 19.2. The molecule has 0 fully saturated rings. The van der Waals surface area contributed by atoms with Crippen LogP contribution < -0.4 is 10.1 Å². The van der Waals surface area contributed by atoms with E-state index in [1.807, 2.05) is 43.5 Å². The van der Waals surface area contributed by atoms with Gasteiger partial charge in [-0.2, -0.15) is 10.2 Å². The second-order valence-electron chi connectivity index (χ2n) is 5.46. The highest BCUT2D eigenvalue weighted by atomic mass is 16.5. The van der Waals surface area contributed by atoms with Gasteiger partial charge in [0, 0.05) is 34.3 Å². The van der Waals surface area contributed by atoms with Gasteiger partial charge in [-0.1, -0.05) is 12.1 Å². The normalized spacial score (nSPS) is 10.9. The highest BCUT2D eigenvalue weighted by Gasteiger charge is 2.13. The molecule has 0 spiro atoms. The SMILES string of the molecule is COc1cccc2c(-c3cn[nH]c3)nc(Nc3cc(C)[nH]n3)cc12. The standard InChI is InChI=1S/C17H16N6O/c1-10-6-16(23-22-10)20-15-7-13-12(4-3-5-14(13)24-2)17(21-15)11-8-18-19-9-11/h3-9H,1-2H3,(H,18,19)(H2,20,21,22,23). The molecule has 0 unspecified atom stereocenters. The van der Waals surface area contributed by atoms with E-state index >= 15 is 0 Å². The van der Waals surface area contributed by atoms with Crippen molar-refractivity contribution in [2.45, 2.75) is 6.92 Å². The molecule has 0 radical (unpaired) electrons. The fourth-order valence-corrected chi connectivity index (χ4v) is 2.70. The number of ether oxygens (including phenoxy) is 1. The zero-order chi connectivity index (χ0) is 16.5. The van der Waals surface area contributed by atoms with Gasteiger partial charge >= 0.3 is 0 Å². The van der Waals surface area contributed by atoms with Crippen molar-refractivity contribution in [2.75, 3.05) is 12.4 Å². The molecule has 0 amide bonds. The zero-order valence-corrected chi connectivity index (χ0v) is 13.3. The highest BCUT2D eigenvalue weighted by molar-refractivity contribution is 5.99. The molecule has 3 N–H and O–H groups in total. The van der Waals surface area contributed by atoms with Crippen LogP contribution in [0.25, 0.3) is 22.0 Å². The van der Waals surface area contributed by atoms with Crippen LogP contribution in [0.1, 0.15) is 5.69 Å². The Morgan fingerprint density at radius 1 is 1.12 bits per heavy atom. The number of fused-ring (bicyclic) bond motifs is 1. The average Bonchev–Trinajstić information content (AvgIpc) is 3.25. The van der Waals surface area contributed by atoms with Crippen molar-refractivity contribution >= 4 is 22.4 Å². The van der Waals surface area contributed by atoms with Gasteiger partial charge in [-0.05, 0) is 19.1 Å². The summed E-state index contributed by atoms with van der Waals surface area (Å²) in [5.41, 5.74) is 2.72. The second kappa shape index (κ2) is 5.69. The van der Waals surface area contributed by atoms with E-state index in [2.05, 4.69) is 25.7 Å². The topological polar surface area (TPSA) is 91.5 Å². The Hall–Kier alpha value is -3.35. The van der Waals surface area contributed by atoms with Crippen LogP contribution in [0, 0.1) is 6.92 Å². The van der Waals surface area contributed by atoms with Gasteiger partial charge in [-0.15, -0.1) is 0 Å². The number of nitrogens with zero attached hydrogens (tertiary/aromatic N) is 3. The van der Waals surface area contributed by atoms with Crippen LogP contribution in [0.3, 0.4) is 0 Å². The molecule has 0 aliphatic rings. The van der Waals surface area contributed by atoms with Gasteiger partial charge in [0.15, 0.2) is 5.82 Å². The highest BCUT2D eigenvalue weighted by Crippen LogP contribution is 2.34. The van der Waals surface area contributed by atoms with Gasteiger partial charge in [0.05, 0.1) is 19.0 Å². The van der Waals surface area contributed by atoms with E-state index < -0.39 is 0 Å². The van der Waals surface area contributed by atoms with Gasteiger partial charge in [-0.3, -0.25) is 10.2 Å². The lowest BCUT2D eigenvalue weighted by Gasteiger charge is -2.11. The Morgan fingerprint density at radius 2 is 2.04 bits per heavy atom. The van der Waals surface area contributed by atoms with Crippen LogP contribution in [-0.2, 0) is 0 Å². The smallest absolute Gasteiger partial charge is 0.153 e. The van der Waals surface area contributed by atoms with Crippen molar-refractivity contribution in [3.05, 3.63) is 48.4 Å². The summed E-state index contributed by atoms with van der Waals surface area (Å²) in [6.07, 6.45) is 3.58. The largest absolute Gasteiger partial charge is 0.496 e. The second-order valence-corrected chi connectivity index (χ2v) is 5.46. The number of anilines is 2. The molecule has 3 aromatic heterocycles. The van der Waals surface area contributed by atoms with E-state index in [-0.39, 0.29) is 0 Å². The van der Waals surface area contributed by atoms with Crippen molar-refractivity contribution in [3.8, 4) is 17.0 Å². The monoisotopic (exact) mass is 320 g/mol. The Balaban J connectivity index is 1.91. The third-order valence-corrected chi connectivity index (χ3v) is 3.79. The molecular formula is C17H16N6O. The number of pyridine rings is 1. The number of aromatic amines is 2. The lowest BCUT2D eigenvalue weighted by atomic mass is 10.1. The molecule has 24 heavy (non-hydrogen) atoms. The summed E-state index contributed by atoms with van der Waals surface area (Å²) in [6.45, 7) is 1.95. The van der Waals surface area contributed by atoms with Crippen molar-refractivity contribution in [1.29, 1.82) is 0 Å². The molecule has 3 heterocycles. The summed E-state index contributed by atoms with van der Waals surface area (Å²) in [4.78, 5) is 4.74. The van der Waals surface area contributed by atoms with Crippen LogP contribution in [0.4, 0.5) is 11.6 Å². The fourth-order valence-electron chi connectivity index (χ4n) is 2.70. The van der Waals surface area contributed by atoms with E-state index in [4.69, 9.17) is 9.72 Å². The summed E-state index contributed by atoms with van der Waals surface area (Å²) in [7, 11) is 1.66. The van der Waals surface area contributed by atoms with Crippen LogP contribution in [-0.4, -0.2) is 32.5 Å². The predicted molar refractivity (Wildman–Crippen MR) is 92.5 cm³/mol. The van der Waals surface area contributed by atoms with Crippen LogP contribution in [0.2, 0.25) is 0 Å². The van der Waals surface area contributed by atoms with Crippen molar-refractivity contribution < 1.29 is 4.74 Å². The first kappa shape index (κ1) is 14.3. The van der Waals surface area contributed by atoms with E-state index in [9.17, 15) is 0 Å². The minimum atomic E-state index is 0.690. The third-order valence-electron chi connectivity index (χ3n) is 3.79. The lowest BCUT2D eigenvalue weighted by Crippen LogP contribution is -1.97. The molecule has 120 valence electrons. The number of aryl methyl sites for hydroxylation is 1. The van der Waals surface area contributed by atoms with Crippen molar-refractivity contribution in [2.24, 2.45) is 0 Å². The molecule has 7 nitrogen and oxygen atoms in total. The van der Waals surface area contributed by atoms with E-state index in [1.165, 1.54) is 0 Å². The first-order valence-corrected chi connectivity index (χ1v) is 7.50. The number of benzene rings is 1. The van der Waals surface area contributed by atoms with Gasteiger partial charge in [0.2, 0.25) is 0 Å². The first-order valence-electron chi connectivity index (χ1n) is 7.50. The Bertz CT molecular complexity index is 990. The van der Waals surface area contributed by atoms with E-state index in [0.717, 1.165) is 33.5 Å². The minimum Gasteiger partial charge on any atom is -0.496 e. The molecular weight excluding hydrogens is 304 g/mol. The summed E-state index contributed by atoms with van der Waals surface area (Å²) in [6, 6.07) is 9.80. The molecule has 0 bridgehead atoms. The van der Waals surface area contributed by atoms with Gasteiger partial charge in [-0.25, -0.2) is 4.98 Å². The van der Waals surface area contributed by atoms with Crippen LogP contribution in [0.5, 0.6) is 5.75 Å². The lowest BCUT2D eigenvalue weighted by molar-refractivity contribution is 0.420. The number of nitrogens with one attached hydrogen (secondary N) is 3. The maximum Gasteiger partial charge on any atom is 0.153 e. The number of methoxy groups -OCH3 is 1. The molecule has 0 atom stereocenters. The van der Waals surface area contributed by atoms with Gasteiger partial charge in [0.1, 0.15) is 11.6 Å². The van der Waals surface area contributed by atoms with Gasteiger partial charge in [0.25, 0.3) is 0 Å². The summed E-state index contributed by atoms with van der Waals surface area (Å²) < 4.78 is 5.51. The minimum absolute atomic E-state index is 0.690. The molecule has 0 aliphatic heterocycles. The number of aromatic nitrogens is 5. The molecule has 0 saturated heterocycles. The molecule has 4 aromatic rings. The predicted octanol–water partition coefficient (Wildman–Crippen LogP) is 3.41. The zero-order valence-electron chi connectivity index (χ0n) is 13.3. The Kier molecular flexibility index (Phi) is 3.38. The average molecular weight is 320 g/mol. The van der Waals surface area contributed by atoms with E-state index in [1.54, 1.807) is 13.3 Å². The van der Waals surface area contributed by atoms with Gasteiger partial charge < -0.3 is 10.1 Å². The Morgan fingerprint density at radius 3 is 2.75 bits per heavy atom. The maximum atomic E-state index is 5.51. The van der Waals surface area contributed by atoms with E-state index in [0.29, 0.717) is 11.6 Å². The number of rotatable bonds is 4. The first-order chi connectivity index (χ1) is 11.7. The number of H-pyrrole nitrogens is 2. The quantitative estimate of drug-likeness (QED) is 0.536. The molecule has 0 saturated carbocycles. The van der Waals surface area contributed by atoms with Crippen molar-refractivity contribution in [3.63, 3.8) is 0 Å². The third kappa shape index (κ3) is 2.45. The van der Waals surface area contributed by atoms with Crippen LogP contribution in [0.15, 0.2) is 42.7 Å². The summed E-state index contributed by atoms with van der Waals surface area (Å²) >= 11 is 0.